The average Bonchev–Trinajstić information content (AvgIpc) is 0.748. The number of sulfonamides is 1. The highest BCUT2D eigenvalue weighted by molar-refractivity contribution is 7.88. The van der Waals surface area contributed by atoms with E-state index < -0.39 is 41.8 Å². The van der Waals surface area contributed by atoms with Gasteiger partial charge >= 0.3 is 11.6 Å². The number of para-hydroxylation sites is 4. The zero-order chi connectivity index (χ0) is 75.8. The largest absolute Gasteiger partial charge is 0.744 e. The minimum Gasteiger partial charge on any atom is -0.744 e. The first kappa shape index (κ1) is 85.2. The van der Waals surface area contributed by atoms with Gasteiger partial charge in [-0.25, -0.2) is 40.0 Å². The van der Waals surface area contributed by atoms with Crippen LogP contribution in [0.1, 0.15) is 113 Å². The van der Waals surface area contributed by atoms with E-state index in [1.165, 1.54) is 18.4 Å². The Morgan fingerprint density at radius 3 is 1.06 bits per heavy atom. The summed E-state index contributed by atoms with van der Waals surface area (Å²) in [5.74, 6) is 1.10. The second-order valence-electron chi connectivity index (χ2n) is 25.1. The summed E-state index contributed by atoms with van der Waals surface area (Å²) in [6, 6.07) is 60.9. The Kier molecular flexibility index (Phi) is 30.5. The van der Waals surface area contributed by atoms with Gasteiger partial charge in [-0.05, 0) is 159 Å². The Labute approximate surface area is 629 Å². The lowest BCUT2D eigenvalue weighted by atomic mass is 9.92. The number of rotatable bonds is 13. The molecule has 5 aliphatic rings. The summed E-state index contributed by atoms with van der Waals surface area (Å²) in [5.41, 5.74) is 19.0. The molecule has 0 bridgehead atoms. The average molecular weight is 1510 g/mol. The molecule has 2 aliphatic heterocycles. The molecule has 1 fully saturated rings. The van der Waals surface area contributed by atoms with E-state index in [4.69, 9.17) is 17.3 Å². The number of fused-ring (bicyclic) bond motifs is 4. The van der Waals surface area contributed by atoms with Crippen LogP contribution in [0.2, 0.25) is 0 Å². The smallest absolute Gasteiger partial charge is 0.335 e. The molecule has 8 aromatic carbocycles. The van der Waals surface area contributed by atoms with E-state index in [0.29, 0.717) is 72.9 Å². The molecule has 2 heterocycles. The van der Waals surface area contributed by atoms with Crippen molar-refractivity contribution in [2.24, 2.45) is 0 Å². The third kappa shape index (κ3) is 21.1. The van der Waals surface area contributed by atoms with Crippen LogP contribution < -0.4 is 41.4 Å². The van der Waals surface area contributed by atoms with Crippen molar-refractivity contribution in [1.29, 1.82) is 0 Å². The van der Waals surface area contributed by atoms with Crippen LogP contribution in [0, 0.1) is 55.4 Å². The molecule has 8 aromatic rings. The first-order valence-electron chi connectivity index (χ1n) is 34.3. The van der Waals surface area contributed by atoms with E-state index in [1.807, 2.05) is 132 Å². The maximum atomic E-state index is 12.3. The van der Waals surface area contributed by atoms with E-state index in [2.05, 4.69) is 135 Å². The molecule has 0 saturated heterocycles. The van der Waals surface area contributed by atoms with Crippen LogP contribution >= 0.6 is 0 Å². The van der Waals surface area contributed by atoms with E-state index in [1.54, 1.807) is 36.4 Å². The molecule has 0 spiro atoms. The van der Waals surface area contributed by atoms with Gasteiger partial charge in [-0.3, -0.25) is 0 Å². The summed E-state index contributed by atoms with van der Waals surface area (Å²) in [6.45, 7) is 24.4. The van der Waals surface area contributed by atoms with Crippen LogP contribution in [0.4, 0.5) is 34.1 Å². The summed E-state index contributed by atoms with van der Waals surface area (Å²) in [5, 5.41) is 13.3. The van der Waals surface area contributed by atoms with Gasteiger partial charge < -0.3 is 33.9 Å². The number of anilines is 4. The molecule has 106 heavy (non-hydrogen) atoms. The van der Waals surface area contributed by atoms with Crippen molar-refractivity contribution >= 4 is 97.9 Å². The first-order valence-corrected chi connectivity index (χ1v) is 39.7. The van der Waals surface area contributed by atoms with Crippen molar-refractivity contribution in [2.75, 3.05) is 23.9 Å². The van der Waals surface area contributed by atoms with E-state index >= 15 is 0 Å². The van der Waals surface area contributed by atoms with E-state index in [0.717, 1.165) is 115 Å². The fourth-order valence-electron chi connectivity index (χ4n) is 12.9. The Hall–Kier alpha value is -9.75. The summed E-state index contributed by atoms with van der Waals surface area (Å²) in [7, 11) is -10.5. The molecule has 0 atom stereocenters. The summed E-state index contributed by atoms with van der Waals surface area (Å²) >= 11 is -0.750. The van der Waals surface area contributed by atoms with Crippen LogP contribution in [-0.2, 0) is 41.8 Å². The van der Waals surface area contributed by atoms with Crippen molar-refractivity contribution in [3.63, 3.8) is 0 Å². The van der Waals surface area contributed by atoms with E-state index in [-0.39, 0.29) is 30.7 Å². The van der Waals surface area contributed by atoms with Crippen LogP contribution in [0.15, 0.2) is 213 Å². The minimum absolute atomic E-state index is 0. The molecule has 1 saturated carbocycles. The molecule has 0 unspecified atom stereocenters. The van der Waals surface area contributed by atoms with Gasteiger partial charge in [0, 0.05) is 126 Å². The molecular formula is C84H98N6O12S4. The second-order valence-corrected chi connectivity index (χ2v) is 29.7. The molecular weight excluding hydrogens is 1410 g/mol. The Morgan fingerprint density at radius 2 is 0.736 bits per heavy atom. The molecule has 0 radical (unpaired) electrons. The molecule has 18 nitrogen and oxygen atoms in total. The number of hydrogen-bond donors (Lipinski definition) is 6. The van der Waals surface area contributed by atoms with Crippen molar-refractivity contribution in [1.82, 2.24) is 10.0 Å². The van der Waals surface area contributed by atoms with Crippen LogP contribution in [0.3, 0.4) is 0 Å². The van der Waals surface area contributed by atoms with Crippen LogP contribution in [0.5, 0.6) is 0 Å². The standard InChI is InChI=1S/2C35H30N2O4S.C8H18N2O2S.2C2H6.2CH4.O2S/c2*1-21-9-7-10-22(2)34(21)36-25-15-17-27-30(19-25)41-31-20-26(37-35-23(3)11-8-12-24(35)4)16-18-28(31)33(27)29-13-5-6-14-32(29)42(38,39)40;1-9-7-3-5-8(6-4-7)10-13(2,11)12;2*1-2;;;1-3-2/h2*5-20,36H,1-4H3,(H,38,39,40);7-10H,3-6H2,1-2H3;2*1-2H3;2*1H4;. The summed E-state index contributed by atoms with van der Waals surface area (Å²) in [6.07, 6.45) is 5.22. The number of nitrogens with one attached hydrogen (secondary N) is 6. The van der Waals surface area contributed by atoms with Gasteiger partial charge in [0.15, 0.2) is 0 Å². The molecule has 13 rings (SSSR count). The molecule has 0 aromatic heterocycles. The SMILES string of the molecule is C.C.CC.CC.CNC1CCC(NS(C)(=O)=O)CC1.Cc1cccc(C)c1Nc1ccc2c(-c3ccccc3S(=O)(=O)[O-])c3ccc(=[NH+]c4c(C)cccc4C)cc-3oc2c1.Cc1cccc(C)c1Nc1ccc2c(-c3ccccc3S(=O)(=O)[O-])c3ccc(=[NH+]c4c(C)cccc4C)cc-3oc2c1.O=S=O. The maximum Gasteiger partial charge on any atom is 0.335 e. The molecule has 560 valence electrons. The summed E-state index contributed by atoms with van der Waals surface area (Å²) < 4.78 is 128. The van der Waals surface area contributed by atoms with Gasteiger partial charge in [-0.2, -0.15) is 8.42 Å². The zero-order valence-corrected chi connectivity index (χ0v) is 64.3. The monoisotopic (exact) mass is 1510 g/mol. The Balaban J connectivity index is 0.000000261. The van der Waals surface area contributed by atoms with Crippen molar-refractivity contribution in [3.05, 3.63) is 249 Å². The lowest BCUT2D eigenvalue weighted by Crippen LogP contribution is -2.71. The second kappa shape index (κ2) is 38.0. The van der Waals surface area contributed by atoms with Gasteiger partial charge in [0.1, 0.15) is 42.9 Å². The predicted molar refractivity (Wildman–Crippen MR) is 428 cm³/mol. The maximum absolute atomic E-state index is 12.3. The number of hydrogen-bond acceptors (Lipinski definition) is 15. The molecule has 0 amide bonds. The third-order valence-corrected chi connectivity index (χ3v) is 20.4. The van der Waals surface area contributed by atoms with Crippen molar-refractivity contribution < 1.29 is 61.6 Å². The van der Waals surface area contributed by atoms with Crippen LogP contribution in [-0.4, -0.2) is 68.2 Å². The lowest BCUT2D eigenvalue weighted by Gasteiger charge is -2.28. The minimum atomic E-state index is -4.74. The highest BCUT2D eigenvalue weighted by Crippen LogP contribution is 2.45. The molecule has 3 aliphatic carbocycles. The topological polar surface area (TPSA) is 285 Å². The van der Waals surface area contributed by atoms with Gasteiger partial charge in [-0.15, -0.1) is 0 Å². The predicted octanol–water partition coefficient (Wildman–Crippen LogP) is 15.5. The number of benzene rings is 10. The van der Waals surface area contributed by atoms with E-state index in [9.17, 15) is 34.4 Å². The first-order chi connectivity index (χ1) is 49.6. The molecule has 6 N–H and O–H groups in total. The van der Waals surface area contributed by atoms with Gasteiger partial charge in [-0.1, -0.05) is 152 Å². The normalized spacial score (nSPS) is 13.7. The molecule has 22 heteroatoms. The fraction of sp³-hybridized carbons (Fsp3) is 0.262. The van der Waals surface area contributed by atoms with Gasteiger partial charge in [0.2, 0.25) is 32.1 Å². The van der Waals surface area contributed by atoms with Crippen molar-refractivity contribution in [3.8, 4) is 44.9 Å². The fourth-order valence-corrected chi connectivity index (χ4v) is 15.1. The quantitative estimate of drug-likeness (QED) is 0.0462. The lowest BCUT2D eigenvalue weighted by molar-refractivity contribution is -0.404. The highest BCUT2D eigenvalue weighted by atomic mass is 32.2. The van der Waals surface area contributed by atoms with Gasteiger partial charge in [0.25, 0.3) is 0 Å². The third-order valence-electron chi connectivity index (χ3n) is 17.8. The summed E-state index contributed by atoms with van der Waals surface area (Å²) in [4.78, 5) is 6.49. The number of aryl methyl sites for hydroxylation is 8. The zero-order valence-electron chi connectivity index (χ0n) is 61.0. The van der Waals surface area contributed by atoms with Crippen LogP contribution in [0.25, 0.3) is 66.8 Å². The Morgan fingerprint density at radius 1 is 0.415 bits per heavy atom. The Bertz CT molecular complexity index is 5160. The van der Waals surface area contributed by atoms with Crippen molar-refractivity contribution in [2.45, 2.75) is 145 Å². The van der Waals surface area contributed by atoms with Gasteiger partial charge in [0.05, 0.1) is 28.2 Å². The highest BCUT2D eigenvalue weighted by Gasteiger charge is 2.26.